The SMILES string of the molecule is C[C@@H](NC(=O)OC(C)(C)C)C(=O)Nc1ccc(Cl)c(S(=O)(=O)N2CCCC2)c1. The normalized spacial score (nSPS) is 16.5. The molecule has 0 spiro atoms. The summed E-state index contributed by atoms with van der Waals surface area (Å²) in [6, 6.07) is 3.37. The van der Waals surface area contributed by atoms with Gasteiger partial charge in [0.15, 0.2) is 0 Å². The van der Waals surface area contributed by atoms with E-state index >= 15 is 0 Å². The van der Waals surface area contributed by atoms with E-state index in [1.54, 1.807) is 20.8 Å². The molecule has 1 atom stereocenters. The number of rotatable bonds is 5. The number of amides is 2. The van der Waals surface area contributed by atoms with Crippen molar-refractivity contribution in [3.05, 3.63) is 23.2 Å². The van der Waals surface area contributed by atoms with E-state index < -0.39 is 33.7 Å². The maximum atomic E-state index is 12.8. The molecule has 10 heteroatoms. The van der Waals surface area contributed by atoms with Crippen LogP contribution in [0, 0.1) is 0 Å². The van der Waals surface area contributed by atoms with Crippen LogP contribution in [0.2, 0.25) is 5.02 Å². The summed E-state index contributed by atoms with van der Waals surface area (Å²) in [5.74, 6) is -0.516. The molecule has 1 aliphatic rings. The Balaban J connectivity index is 2.10. The highest BCUT2D eigenvalue weighted by Crippen LogP contribution is 2.29. The van der Waals surface area contributed by atoms with Crippen LogP contribution in [0.4, 0.5) is 10.5 Å². The van der Waals surface area contributed by atoms with Gasteiger partial charge in [-0.15, -0.1) is 0 Å². The topological polar surface area (TPSA) is 105 Å². The summed E-state index contributed by atoms with van der Waals surface area (Å²) in [4.78, 5) is 24.1. The summed E-state index contributed by atoms with van der Waals surface area (Å²) in [7, 11) is -3.73. The zero-order chi connectivity index (χ0) is 21.1. The molecule has 156 valence electrons. The van der Waals surface area contributed by atoms with E-state index in [-0.39, 0.29) is 15.6 Å². The molecule has 28 heavy (non-hydrogen) atoms. The summed E-state index contributed by atoms with van der Waals surface area (Å²) < 4.78 is 32.0. The molecular formula is C18H26ClN3O5S. The lowest BCUT2D eigenvalue weighted by Crippen LogP contribution is -2.44. The molecule has 2 rings (SSSR count). The van der Waals surface area contributed by atoms with Crippen LogP contribution in [0.1, 0.15) is 40.5 Å². The number of carbonyl (C=O) groups is 2. The van der Waals surface area contributed by atoms with E-state index in [0.29, 0.717) is 13.1 Å². The fourth-order valence-electron chi connectivity index (χ4n) is 2.65. The summed E-state index contributed by atoms with van der Waals surface area (Å²) in [6.07, 6.45) is 0.894. The lowest BCUT2D eigenvalue weighted by Gasteiger charge is -2.22. The van der Waals surface area contributed by atoms with Gasteiger partial charge in [-0.25, -0.2) is 13.2 Å². The van der Waals surface area contributed by atoms with Crippen molar-refractivity contribution < 1.29 is 22.7 Å². The monoisotopic (exact) mass is 431 g/mol. The van der Waals surface area contributed by atoms with Crippen LogP contribution in [-0.4, -0.2) is 49.5 Å². The zero-order valence-corrected chi connectivity index (χ0v) is 18.0. The van der Waals surface area contributed by atoms with Gasteiger partial charge in [-0.2, -0.15) is 4.31 Å². The maximum Gasteiger partial charge on any atom is 0.408 e. The van der Waals surface area contributed by atoms with E-state index in [1.807, 2.05) is 0 Å². The molecule has 0 aliphatic carbocycles. The van der Waals surface area contributed by atoms with Crippen molar-refractivity contribution in [3.63, 3.8) is 0 Å². The Morgan fingerprint density at radius 2 is 1.82 bits per heavy atom. The molecule has 1 heterocycles. The predicted molar refractivity (Wildman–Crippen MR) is 107 cm³/mol. The highest BCUT2D eigenvalue weighted by molar-refractivity contribution is 7.89. The predicted octanol–water partition coefficient (Wildman–Crippen LogP) is 2.98. The van der Waals surface area contributed by atoms with Gasteiger partial charge in [-0.05, 0) is 58.7 Å². The van der Waals surface area contributed by atoms with Crippen LogP contribution in [-0.2, 0) is 19.6 Å². The Bertz CT molecular complexity index is 845. The largest absolute Gasteiger partial charge is 0.444 e. The van der Waals surface area contributed by atoms with Crippen molar-refractivity contribution in [2.75, 3.05) is 18.4 Å². The second kappa shape index (κ2) is 8.67. The maximum absolute atomic E-state index is 12.8. The van der Waals surface area contributed by atoms with Crippen molar-refractivity contribution in [1.82, 2.24) is 9.62 Å². The molecule has 1 saturated heterocycles. The average Bonchev–Trinajstić information content (AvgIpc) is 3.09. The summed E-state index contributed by atoms with van der Waals surface area (Å²) in [6.45, 7) is 7.54. The van der Waals surface area contributed by atoms with Gasteiger partial charge < -0.3 is 15.4 Å². The van der Waals surface area contributed by atoms with Gasteiger partial charge in [0.1, 0.15) is 16.5 Å². The van der Waals surface area contributed by atoms with Crippen LogP contribution < -0.4 is 10.6 Å². The van der Waals surface area contributed by atoms with E-state index in [1.165, 1.54) is 29.4 Å². The van der Waals surface area contributed by atoms with E-state index in [9.17, 15) is 18.0 Å². The Labute approximate surface area is 170 Å². The molecule has 0 saturated carbocycles. The quantitative estimate of drug-likeness (QED) is 0.745. The molecular weight excluding hydrogens is 406 g/mol. The van der Waals surface area contributed by atoms with E-state index in [4.69, 9.17) is 16.3 Å². The van der Waals surface area contributed by atoms with Gasteiger partial charge in [0.2, 0.25) is 15.9 Å². The number of alkyl carbamates (subject to hydrolysis) is 1. The fourth-order valence-corrected chi connectivity index (χ4v) is 4.66. The number of halogens is 1. The number of nitrogens with one attached hydrogen (secondary N) is 2. The lowest BCUT2D eigenvalue weighted by molar-refractivity contribution is -0.117. The number of ether oxygens (including phenoxy) is 1. The number of sulfonamides is 1. The fraction of sp³-hybridized carbons (Fsp3) is 0.556. The molecule has 0 bridgehead atoms. The molecule has 0 aromatic heterocycles. The van der Waals surface area contributed by atoms with Crippen molar-refractivity contribution >= 4 is 39.3 Å². The molecule has 1 aliphatic heterocycles. The van der Waals surface area contributed by atoms with Gasteiger partial charge in [-0.1, -0.05) is 11.6 Å². The van der Waals surface area contributed by atoms with Crippen LogP contribution in [0.15, 0.2) is 23.1 Å². The Hall–Kier alpha value is -1.84. The Kier molecular flexibility index (Phi) is 6.95. The second-order valence-electron chi connectivity index (χ2n) is 7.61. The first-order valence-electron chi connectivity index (χ1n) is 9.00. The molecule has 2 amide bonds. The van der Waals surface area contributed by atoms with Crippen LogP contribution in [0.25, 0.3) is 0 Å². The zero-order valence-electron chi connectivity index (χ0n) is 16.4. The highest BCUT2D eigenvalue weighted by atomic mass is 35.5. The first-order chi connectivity index (χ1) is 12.9. The lowest BCUT2D eigenvalue weighted by atomic mass is 10.2. The smallest absolute Gasteiger partial charge is 0.408 e. The summed E-state index contributed by atoms with van der Waals surface area (Å²) in [5.41, 5.74) is -0.417. The van der Waals surface area contributed by atoms with Gasteiger partial charge >= 0.3 is 6.09 Å². The van der Waals surface area contributed by atoms with E-state index in [0.717, 1.165) is 12.8 Å². The third-order valence-corrected chi connectivity index (χ3v) is 6.39. The number of benzene rings is 1. The van der Waals surface area contributed by atoms with Gasteiger partial charge in [0.25, 0.3) is 0 Å². The molecule has 8 nitrogen and oxygen atoms in total. The molecule has 1 aromatic carbocycles. The number of nitrogens with zero attached hydrogens (tertiary/aromatic N) is 1. The van der Waals surface area contributed by atoms with Crippen LogP contribution >= 0.6 is 11.6 Å². The van der Waals surface area contributed by atoms with Crippen LogP contribution in [0.5, 0.6) is 0 Å². The first kappa shape index (κ1) is 22.4. The first-order valence-corrected chi connectivity index (χ1v) is 10.8. The van der Waals surface area contributed by atoms with Crippen molar-refractivity contribution in [3.8, 4) is 0 Å². The minimum absolute atomic E-state index is 0.0541. The second-order valence-corrected chi connectivity index (χ2v) is 9.93. The van der Waals surface area contributed by atoms with Gasteiger partial charge in [0.05, 0.1) is 5.02 Å². The van der Waals surface area contributed by atoms with Gasteiger partial charge in [0, 0.05) is 18.8 Å². The van der Waals surface area contributed by atoms with E-state index in [2.05, 4.69) is 10.6 Å². The molecule has 0 unspecified atom stereocenters. The molecule has 1 fully saturated rings. The third kappa shape index (κ3) is 5.83. The van der Waals surface area contributed by atoms with Crippen molar-refractivity contribution in [2.45, 2.75) is 57.1 Å². The van der Waals surface area contributed by atoms with Crippen LogP contribution in [0.3, 0.4) is 0 Å². The Morgan fingerprint density at radius 3 is 2.39 bits per heavy atom. The minimum Gasteiger partial charge on any atom is -0.444 e. The number of anilines is 1. The summed E-state index contributed by atoms with van der Waals surface area (Å²) in [5, 5.41) is 5.11. The molecule has 2 N–H and O–H groups in total. The highest BCUT2D eigenvalue weighted by Gasteiger charge is 2.29. The van der Waals surface area contributed by atoms with Crippen molar-refractivity contribution in [1.29, 1.82) is 0 Å². The number of hydrogen-bond acceptors (Lipinski definition) is 5. The molecule has 0 radical (unpaired) electrons. The van der Waals surface area contributed by atoms with Crippen molar-refractivity contribution in [2.24, 2.45) is 0 Å². The number of hydrogen-bond donors (Lipinski definition) is 2. The summed E-state index contributed by atoms with van der Waals surface area (Å²) >= 11 is 6.10. The molecule has 1 aromatic rings. The van der Waals surface area contributed by atoms with Gasteiger partial charge in [-0.3, -0.25) is 4.79 Å². The average molecular weight is 432 g/mol. The standard InChI is InChI=1S/C18H26ClN3O5S/c1-12(20-17(24)27-18(2,3)4)16(23)21-13-7-8-14(19)15(11-13)28(25,26)22-9-5-6-10-22/h7-8,11-12H,5-6,9-10H2,1-4H3,(H,20,24)(H,21,23)/t12-/m1/s1. The third-order valence-electron chi connectivity index (χ3n) is 4.01. The minimum atomic E-state index is -3.73. The number of carbonyl (C=O) groups excluding carboxylic acids is 2. The Morgan fingerprint density at radius 1 is 1.21 bits per heavy atom.